The minimum Gasteiger partial charge on any atom is -0.273 e. The highest BCUT2D eigenvalue weighted by Gasteiger charge is 2.66. The number of nitrogens with zero attached hydrogens (tertiary/aromatic N) is 2. The third-order valence-corrected chi connectivity index (χ3v) is 11.5. The normalized spacial score (nSPS) is 31.3. The van der Waals surface area contributed by atoms with Crippen molar-refractivity contribution in [2.75, 3.05) is 4.90 Å². The van der Waals surface area contributed by atoms with E-state index in [9.17, 15) is 14.9 Å². The highest BCUT2D eigenvalue weighted by molar-refractivity contribution is 7.16. The molecule has 1 spiro atoms. The van der Waals surface area contributed by atoms with Gasteiger partial charge in [0.05, 0.1) is 17.2 Å². The Balaban J connectivity index is 1.50. The van der Waals surface area contributed by atoms with Crippen LogP contribution in [0.3, 0.4) is 0 Å². The van der Waals surface area contributed by atoms with Crippen LogP contribution in [0.1, 0.15) is 62.5 Å². The molecule has 3 fully saturated rings. The van der Waals surface area contributed by atoms with E-state index < -0.39 is 11.3 Å². The summed E-state index contributed by atoms with van der Waals surface area (Å²) in [5.41, 5.74) is 4.24. The third-order valence-electron chi connectivity index (χ3n) is 10.1. The molecule has 1 aromatic heterocycles. The molecule has 3 aromatic rings. The Morgan fingerprint density at radius 3 is 2.49 bits per heavy atom. The fraction of sp³-hybridized carbons (Fsp3) is 0.382. The van der Waals surface area contributed by atoms with Crippen LogP contribution in [-0.2, 0) is 15.0 Å². The number of para-hydroxylation sites is 1. The Hall–Kier alpha value is -3.49. The maximum atomic E-state index is 14.7. The average Bonchev–Trinajstić information content (AvgIpc) is 3.49. The van der Waals surface area contributed by atoms with Crippen LogP contribution in [0.5, 0.6) is 0 Å². The number of fused-ring (bicyclic) bond motifs is 7. The van der Waals surface area contributed by atoms with Gasteiger partial charge in [-0.3, -0.25) is 9.59 Å². The van der Waals surface area contributed by atoms with E-state index >= 15 is 0 Å². The first-order valence-corrected chi connectivity index (χ1v) is 15.0. The Kier molecular flexibility index (Phi) is 5.51. The molecule has 7 rings (SSSR count). The van der Waals surface area contributed by atoms with Gasteiger partial charge in [0.1, 0.15) is 6.07 Å². The lowest BCUT2D eigenvalue weighted by Crippen LogP contribution is -2.57. The minimum atomic E-state index is -0.516. The first kappa shape index (κ1) is 24.5. The second-order valence-corrected chi connectivity index (χ2v) is 13.3. The van der Waals surface area contributed by atoms with Gasteiger partial charge in [-0.25, -0.2) is 4.90 Å². The molecule has 39 heavy (non-hydrogen) atoms. The van der Waals surface area contributed by atoms with E-state index in [4.69, 9.17) is 0 Å². The van der Waals surface area contributed by atoms with Crippen LogP contribution in [0.15, 0.2) is 66.2 Å². The Morgan fingerprint density at radius 1 is 0.974 bits per heavy atom. The van der Waals surface area contributed by atoms with Gasteiger partial charge in [0.25, 0.3) is 5.91 Å². The predicted octanol–water partition coefficient (Wildman–Crippen LogP) is 7.59. The van der Waals surface area contributed by atoms with Crippen LogP contribution in [0, 0.1) is 40.9 Å². The number of hydrogen-bond acceptors (Lipinski definition) is 4. The fourth-order valence-electron chi connectivity index (χ4n) is 8.78. The van der Waals surface area contributed by atoms with Crippen molar-refractivity contribution in [1.29, 1.82) is 5.26 Å². The number of anilines is 1. The molecule has 4 nitrogen and oxygen atoms in total. The number of nitriles is 1. The smallest absolute Gasteiger partial charge is 0.262 e. The van der Waals surface area contributed by atoms with Crippen LogP contribution < -0.4 is 4.90 Å². The van der Waals surface area contributed by atoms with Crippen LogP contribution in [0.2, 0.25) is 0 Å². The molecule has 6 atom stereocenters. The Labute approximate surface area is 234 Å². The Bertz CT molecular complexity index is 1590. The van der Waals surface area contributed by atoms with E-state index in [1.165, 1.54) is 26.6 Å². The summed E-state index contributed by atoms with van der Waals surface area (Å²) >= 11 is 1.84. The lowest BCUT2D eigenvalue weighted by molar-refractivity contribution is -0.126. The van der Waals surface area contributed by atoms with Gasteiger partial charge in [-0.05, 0) is 91.2 Å². The monoisotopic (exact) mass is 532 g/mol. The number of carbonyl (C=O) groups is 2. The number of rotatable bonds is 2. The number of imide groups is 1. The van der Waals surface area contributed by atoms with Gasteiger partial charge in [0, 0.05) is 20.7 Å². The molecule has 3 aliphatic carbocycles. The summed E-state index contributed by atoms with van der Waals surface area (Å²) in [6.45, 7) is 6.72. The molecule has 2 heterocycles. The number of hydrogen-bond donors (Lipinski definition) is 0. The number of allylic oxidation sites excluding steroid dienone is 1. The van der Waals surface area contributed by atoms with Crippen molar-refractivity contribution in [3.8, 4) is 16.5 Å². The van der Waals surface area contributed by atoms with Gasteiger partial charge in [-0.15, -0.1) is 11.3 Å². The molecule has 1 aliphatic heterocycles. The van der Waals surface area contributed by atoms with Crippen LogP contribution in [-0.4, -0.2) is 11.8 Å². The van der Waals surface area contributed by atoms with Gasteiger partial charge in [0.15, 0.2) is 0 Å². The number of amides is 2. The minimum absolute atomic E-state index is 0.152. The molecule has 6 unspecified atom stereocenters. The first-order valence-electron chi connectivity index (χ1n) is 14.1. The second-order valence-electron chi connectivity index (χ2n) is 12.2. The van der Waals surface area contributed by atoms with Crippen molar-refractivity contribution in [3.63, 3.8) is 0 Å². The standard InChI is InChI=1S/C34H32N2O2S/c1-19-13-22-15-20(2)34(25(14-19)16-22)30-29(32(37)36(33(30)38)27-12-8-7-11-24(27)18-35)21(3)26-17-28(39-31(26)34)23-9-5-4-6-10-23/h4-12,17,19-20,22,25,30H,13-16H2,1-3H3. The summed E-state index contributed by atoms with van der Waals surface area (Å²) in [5, 5.41) is 9.83. The van der Waals surface area contributed by atoms with E-state index in [-0.39, 0.29) is 17.7 Å². The predicted molar refractivity (Wildman–Crippen MR) is 155 cm³/mol. The van der Waals surface area contributed by atoms with E-state index in [1.54, 1.807) is 24.3 Å². The van der Waals surface area contributed by atoms with Crippen molar-refractivity contribution >= 4 is 34.4 Å². The van der Waals surface area contributed by atoms with Crippen molar-refractivity contribution in [2.24, 2.45) is 29.6 Å². The molecule has 2 amide bonds. The molecule has 2 bridgehead atoms. The highest BCUT2D eigenvalue weighted by Crippen LogP contribution is 2.66. The largest absolute Gasteiger partial charge is 0.273 e. The fourth-order valence-corrected chi connectivity index (χ4v) is 10.4. The van der Waals surface area contributed by atoms with Crippen molar-refractivity contribution in [2.45, 2.75) is 51.9 Å². The number of thiophene rings is 1. The van der Waals surface area contributed by atoms with E-state index in [0.29, 0.717) is 34.6 Å². The zero-order valence-corrected chi connectivity index (χ0v) is 23.4. The zero-order chi connectivity index (χ0) is 27.1. The molecule has 196 valence electrons. The van der Waals surface area contributed by atoms with E-state index in [0.717, 1.165) is 30.4 Å². The van der Waals surface area contributed by atoms with Crippen LogP contribution in [0.25, 0.3) is 16.0 Å². The quantitative estimate of drug-likeness (QED) is 0.319. The van der Waals surface area contributed by atoms with Crippen LogP contribution in [0.4, 0.5) is 5.69 Å². The second kappa shape index (κ2) is 8.76. The molecule has 2 aromatic carbocycles. The molecule has 4 aliphatic rings. The zero-order valence-electron chi connectivity index (χ0n) is 22.6. The lowest BCUT2D eigenvalue weighted by Gasteiger charge is -2.58. The SMILES string of the molecule is CC1=C2C(=O)N(c3ccccc3C#N)C(=O)C2C2(c3sc(-c4ccccc4)cc31)C(C)CC1CC(C)CC2C1. The van der Waals surface area contributed by atoms with Gasteiger partial charge in [0.2, 0.25) is 5.91 Å². The molecule has 2 saturated carbocycles. The van der Waals surface area contributed by atoms with Crippen LogP contribution >= 0.6 is 11.3 Å². The van der Waals surface area contributed by atoms with E-state index in [1.807, 2.05) is 24.3 Å². The summed E-state index contributed by atoms with van der Waals surface area (Å²) in [4.78, 5) is 32.8. The van der Waals surface area contributed by atoms with Crippen molar-refractivity contribution in [1.82, 2.24) is 0 Å². The molecule has 0 radical (unpaired) electrons. The van der Waals surface area contributed by atoms with Gasteiger partial charge in [-0.1, -0.05) is 56.3 Å². The van der Waals surface area contributed by atoms with Gasteiger partial charge < -0.3 is 0 Å². The lowest BCUT2D eigenvalue weighted by atomic mass is 9.45. The molecule has 1 saturated heterocycles. The van der Waals surface area contributed by atoms with Gasteiger partial charge >= 0.3 is 0 Å². The maximum Gasteiger partial charge on any atom is 0.262 e. The first-order chi connectivity index (χ1) is 18.9. The summed E-state index contributed by atoms with van der Waals surface area (Å²) in [7, 11) is 0. The number of carbonyl (C=O) groups excluding carboxylic acids is 2. The molecular weight excluding hydrogens is 500 g/mol. The summed E-state index contributed by atoms with van der Waals surface area (Å²) in [6, 6.07) is 21.9. The third kappa shape index (κ3) is 3.28. The average molecular weight is 533 g/mol. The van der Waals surface area contributed by atoms with Crippen molar-refractivity contribution in [3.05, 3.63) is 82.2 Å². The molecular formula is C34H32N2O2S. The Morgan fingerprint density at radius 2 is 1.72 bits per heavy atom. The summed E-state index contributed by atoms with van der Waals surface area (Å²) < 4.78 is 0. The maximum absolute atomic E-state index is 14.7. The van der Waals surface area contributed by atoms with Crippen molar-refractivity contribution < 1.29 is 9.59 Å². The number of benzene rings is 2. The topological polar surface area (TPSA) is 61.2 Å². The van der Waals surface area contributed by atoms with Gasteiger partial charge in [-0.2, -0.15) is 5.26 Å². The molecule has 5 heteroatoms. The summed E-state index contributed by atoms with van der Waals surface area (Å²) in [5.74, 6) is 0.972. The summed E-state index contributed by atoms with van der Waals surface area (Å²) in [6.07, 6.45) is 4.53. The highest BCUT2D eigenvalue weighted by atomic mass is 32.1. The van der Waals surface area contributed by atoms with E-state index in [2.05, 4.69) is 50.2 Å². The molecule has 0 N–H and O–H groups in total.